The van der Waals surface area contributed by atoms with Gasteiger partial charge in [-0.1, -0.05) is 12.8 Å². The van der Waals surface area contributed by atoms with E-state index >= 15 is 0 Å². The van der Waals surface area contributed by atoms with Crippen LogP contribution in [0.4, 0.5) is 4.79 Å². The lowest BCUT2D eigenvalue weighted by molar-refractivity contribution is -0.126. The van der Waals surface area contributed by atoms with E-state index in [1.54, 1.807) is 16.2 Å². The monoisotopic (exact) mass is 250 g/mol. The summed E-state index contributed by atoms with van der Waals surface area (Å²) in [5.41, 5.74) is 0.546. The molecule has 0 unspecified atom stereocenters. The van der Waals surface area contributed by atoms with E-state index in [2.05, 4.69) is 5.32 Å². The lowest BCUT2D eigenvalue weighted by Crippen LogP contribution is -2.46. The fraction of sp³-hybridized carbons (Fsp3) is 0.500. The quantitative estimate of drug-likeness (QED) is 0.817. The third-order valence-corrected chi connectivity index (χ3v) is 4.49. The molecule has 1 saturated heterocycles. The van der Waals surface area contributed by atoms with Crippen molar-refractivity contribution in [1.82, 2.24) is 10.2 Å². The summed E-state index contributed by atoms with van der Waals surface area (Å²) in [6.07, 6.45) is 3.66. The highest BCUT2D eigenvalue weighted by Crippen LogP contribution is 2.39. The standard InChI is InChI=1S/C12H14N2O2S/c15-10-12(4-1-2-5-12)14(11(16)13-10)7-9-3-6-17-8-9/h3,6,8H,1-2,4-5,7H2,(H,13,15,16). The van der Waals surface area contributed by atoms with Crippen LogP contribution in [0.5, 0.6) is 0 Å². The van der Waals surface area contributed by atoms with Crippen LogP contribution in [0.1, 0.15) is 31.2 Å². The minimum atomic E-state index is -0.557. The van der Waals surface area contributed by atoms with Gasteiger partial charge in [0.1, 0.15) is 5.54 Å². The van der Waals surface area contributed by atoms with Crippen LogP contribution in [0.25, 0.3) is 0 Å². The average molecular weight is 250 g/mol. The van der Waals surface area contributed by atoms with Gasteiger partial charge in [-0.15, -0.1) is 0 Å². The molecule has 90 valence electrons. The topological polar surface area (TPSA) is 49.4 Å². The summed E-state index contributed by atoms with van der Waals surface area (Å²) < 4.78 is 0. The van der Waals surface area contributed by atoms with Crippen LogP contribution in [-0.2, 0) is 11.3 Å². The lowest BCUT2D eigenvalue weighted by Gasteiger charge is -2.31. The van der Waals surface area contributed by atoms with Crippen molar-refractivity contribution < 1.29 is 9.59 Å². The first-order chi connectivity index (χ1) is 8.22. The summed E-state index contributed by atoms with van der Waals surface area (Å²) >= 11 is 1.61. The molecule has 3 rings (SSSR count). The number of hydrogen-bond donors (Lipinski definition) is 1. The van der Waals surface area contributed by atoms with E-state index in [9.17, 15) is 9.59 Å². The number of carbonyl (C=O) groups is 2. The molecule has 1 aromatic rings. The van der Waals surface area contributed by atoms with Crippen molar-refractivity contribution in [2.45, 2.75) is 37.8 Å². The summed E-state index contributed by atoms with van der Waals surface area (Å²) in [4.78, 5) is 25.6. The third kappa shape index (κ3) is 1.57. The average Bonchev–Trinajstić information content (AvgIpc) is 3.00. The molecule has 1 N–H and O–H groups in total. The summed E-state index contributed by atoms with van der Waals surface area (Å²) in [5.74, 6) is -0.102. The van der Waals surface area contributed by atoms with E-state index in [1.807, 2.05) is 16.8 Å². The minimum Gasteiger partial charge on any atom is -0.305 e. The summed E-state index contributed by atoms with van der Waals surface area (Å²) in [6, 6.07) is 1.77. The molecule has 1 aromatic heterocycles. The van der Waals surface area contributed by atoms with E-state index in [1.165, 1.54) is 0 Å². The van der Waals surface area contributed by atoms with Crippen LogP contribution in [0.2, 0.25) is 0 Å². The number of hydrogen-bond acceptors (Lipinski definition) is 3. The predicted molar refractivity (Wildman–Crippen MR) is 64.6 cm³/mol. The molecule has 1 aliphatic heterocycles. The molecule has 1 saturated carbocycles. The highest BCUT2D eigenvalue weighted by atomic mass is 32.1. The number of rotatable bonds is 2. The largest absolute Gasteiger partial charge is 0.325 e. The van der Waals surface area contributed by atoms with Crippen molar-refractivity contribution in [3.8, 4) is 0 Å². The Kier molecular flexibility index (Phi) is 2.43. The number of thiophene rings is 1. The zero-order valence-corrected chi connectivity index (χ0v) is 10.3. The second kappa shape index (κ2) is 3.84. The van der Waals surface area contributed by atoms with E-state index in [-0.39, 0.29) is 11.9 Å². The van der Waals surface area contributed by atoms with Gasteiger partial charge in [-0.2, -0.15) is 11.3 Å². The molecule has 2 aliphatic rings. The first-order valence-electron chi connectivity index (χ1n) is 5.86. The van der Waals surface area contributed by atoms with Gasteiger partial charge in [0, 0.05) is 6.54 Å². The Morgan fingerprint density at radius 1 is 1.35 bits per heavy atom. The number of imide groups is 1. The van der Waals surface area contributed by atoms with Gasteiger partial charge in [-0.25, -0.2) is 4.79 Å². The van der Waals surface area contributed by atoms with Gasteiger partial charge < -0.3 is 4.90 Å². The number of nitrogens with one attached hydrogen (secondary N) is 1. The van der Waals surface area contributed by atoms with Gasteiger partial charge in [-0.3, -0.25) is 10.1 Å². The lowest BCUT2D eigenvalue weighted by atomic mass is 9.96. The van der Waals surface area contributed by atoms with Crippen molar-refractivity contribution in [1.29, 1.82) is 0 Å². The molecular formula is C12H14N2O2S. The molecule has 17 heavy (non-hydrogen) atoms. The molecule has 0 bridgehead atoms. The maximum atomic E-state index is 12.0. The fourth-order valence-corrected chi connectivity index (χ4v) is 3.50. The van der Waals surface area contributed by atoms with Crippen molar-refractivity contribution in [2.75, 3.05) is 0 Å². The SMILES string of the molecule is O=C1NC(=O)C2(CCCC2)N1Cc1ccsc1. The molecule has 1 spiro atoms. The first kappa shape index (κ1) is 10.8. The zero-order valence-electron chi connectivity index (χ0n) is 9.44. The van der Waals surface area contributed by atoms with E-state index < -0.39 is 5.54 Å². The Labute approximate surface area is 104 Å². The van der Waals surface area contributed by atoms with Crippen LogP contribution in [0, 0.1) is 0 Å². The number of carbonyl (C=O) groups excluding carboxylic acids is 2. The Morgan fingerprint density at radius 3 is 2.76 bits per heavy atom. The zero-order chi connectivity index (χ0) is 11.9. The van der Waals surface area contributed by atoms with Gasteiger partial charge >= 0.3 is 6.03 Å². The van der Waals surface area contributed by atoms with Crippen LogP contribution >= 0.6 is 11.3 Å². The molecule has 2 heterocycles. The number of urea groups is 1. The maximum absolute atomic E-state index is 12.0. The Morgan fingerprint density at radius 2 is 2.12 bits per heavy atom. The minimum absolute atomic E-state index is 0.102. The Bertz CT molecular complexity index is 449. The van der Waals surface area contributed by atoms with E-state index in [4.69, 9.17) is 0 Å². The summed E-state index contributed by atoms with van der Waals surface area (Å²) in [7, 11) is 0. The van der Waals surface area contributed by atoms with Gasteiger partial charge in [-0.05, 0) is 35.2 Å². The van der Waals surface area contributed by atoms with Crippen molar-refractivity contribution >= 4 is 23.3 Å². The van der Waals surface area contributed by atoms with Crippen molar-refractivity contribution in [2.24, 2.45) is 0 Å². The van der Waals surface area contributed by atoms with Crippen LogP contribution in [-0.4, -0.2) is 22.4 Å². The van der Waals surface area contributed by atoms with Crippen molar-refractivity contribution in [3.63, 3.8) is 0 Å². The van der Waals surface area contributed by atoms with Crippen LogP contribution in [0.15, 0.2) is 16.8 Å². The predicted octanol–water partition coefficient (Wildman–Crippen LogP) is 2.11. The van der Waals surface area contributed by atoms with Crippen LogP contribution < -0.4 is 5.32 Å². The molecule has 2 fully saturated rings. The smallest absolute Gasteiger partial charge is 0.305 e. The molecule has 0 atom stereocenters. The molecular weight excluding hydrogens is 236 g/mol. The molecule has 3 amide bonds. The van der Waals surface area contributed by atoms with Gasteiger partial charge in [0.25, 0.3) is 5.91 Å². The van der Waals surface area contributed by atoms with E-state index in [0.717, 1.165) is 31.2 Å². The highest BCUT2D eigenvalue weighted by Gasteiger charge is 2.53. The normalized spacial score (nSPS) is 22.5. The van der Waals surface area contributed by atoms with Crippen LogP contribution in [0.3, 0.4) is 0 Å². The second-order valence-corrected chi connectivity index (χ2v) is 5.50. The molecule has 0 aromatic carbocycles. The van der Waals surface area contributed by atoms with Gasteiger partial charge in [0.05, 0.1) is 0 Å². The molecule has 0 radical (unpaired) electrons. The number of nitrogens with zero attached hydrogens (tertiary/aromatic N) is 1. The van der Waals surface area contributed by atoms with Crippen molar-refractivity contribution in [3.05, 3.63) is 22.4 Å². The Balaban J connectivity index is 1.90. The third-order valence-electron chi connectivity index (χ3n) is 3.76. The molecule has 4 nitrogen and oxygen atoms in total. The molecule has 5 heteroatoms. The fourth-order valence-electron chi connectivity index (χ4n) is 2.84. The first-order valence-corrected chi connectivity index (χ1v) is 6.81. The second-order valence-electron chi connectivity index (χ2n) is 4.72. The number of amides is 3. The van der Waals surface area contributed by atoms with Gasteiger partial charge in [0.15, 0.2) is 0 Å². The molecule has 1 aliphatic carbocycles. The summed E-state index contributed by atoms with van der Waals surface area (Å²) in [5, 5.41) is 6.48. The highest BCUT2D eigenvalue weighted by molar-refractivity contribution is 7.07. The van der Waals surface area contributed by atoms with E-state index in [0.29, 0.717) is 6.54 Å². The summed E-state index contributed by atoms with van der Waals surface area (Å²) in [6.45, 7) is 0.543. The Hall–Kier alpha value is -1.36. The van der Waals surface area contributed by atoms with Gasteiger partial charge in [0.2, 0.25) is 0 Å². The maximum Gasteiger partial charge on any atom is 0.325 e.